The number of benzene rings is 1. The second-order valence-electron chi connectivity index (χ2n) is 8.91. The lowest BCUT2D eigenvalue weighted by Crippen LogP contribution is -2.54. The van der Waals surface area contributed by atoms with Crippen molar-refractivity contribution in [3.63, 3.8) is 0 Å². The second kappa shape index (κ2) is 9.56. The number of aliphatic hydroxyl groups excluding tert-OH is 1. The van der Waals surface area contributed by atoms with Crippen molar-refractivity contribution >= 4 is 5.91 Å². The predicted molar refractivity (Wildman–Crippen MR) is 113 cm³/mol. The van der Waals surface area contributed by atoms with E-state index in [0.29, 0.717) is 19.1 Å². The van der Waals surface area contributed by atoms with E-state index in [1.54, 1.807) is 0 Å². The van der Waals surface area contributed by atoms with E-state index in [1.165, 1.54) is 0 Å². The van der Waals surface area contributed by atoms with Crippen LogP contribution in [0.15, 0.2) is 30.3 Å². The molecule has 6 nitrogen and oxygen atoms in total. The van der Waals surface area contributed by atoms with Gasteiger partial charge in [0.05, 0.1) is 24.9 Å². The summed E-state index contributed by atoms with van der Waals surface area (Å²) in [6, 6.07) is 10.3. The summed E-state index contributed by atoms with van der Waals surface area (Å²) in [5.41, 5.74) is 1.16. The molecule has 0 spiro atoms. The van der Waals surface area contributed by atoms with E-state index in [0.717, 1.165) is 64.0 Å². The van der Waals surface area contributed by atoms with E-state index in [4.69, 9.17) is 4.74 Å². The Morgan fingerprint density at radius 3 is 2.41 bits per heavy atom. The SMILES string of the molecule is CN1CCC(C(=O)N2CCO[C@@H](CN3CCC(O)CC3)[C@@H]2c2ccccc2)CC1. The second-order valence-corrected chi connectivity index (χ2v) is 8.91. The van der Waals surface area contributed by atoms with Crippen molar-refractivity contribution in [2.24, 2.45) is 5.92 Å². The average molecular weight is 402 g/mol. The summed E-state index contributed by atoms with van der Waals surface area (Å²) in [7, 11) is 2.13. The number of morpholine rings is 1. The summed E-state index contributed by atoms with van der Waals surface area (Å²) < 4.78 is 6.25. The molecule has 2 atom stereocenters. The first-order chi connectivity index (χ1) is 14.1. The third-order valence-electron chi connectivity index (χ3n) is 6.84. The zero-order valence-corrected chi connectivity index (χ0v) is 17.6. The number of hydrogen-bond donors (Lipinski definition) is 1. The van der Waals surface area contributed by atoms with Crippen molar-refractivity contribution in [1.82, 2.24) is 14.7 Å². The van der Waals surface area contributed by atoms with Crippen LogP contribution in [0.4, 0.5) is 0 Å². The lowest BCUT2D eigenvalue weighted by atomic mass is 9.91. The summed E-state index contributed by atoms with van der Waals surface area (Å²) >= 11 is 0. The van der Waals surface area contributed by atoms with Gasteiger partial charge in [-0.15, -0.1) is 0 Å². The number of rotatable bonds is 4. The Morgan fingerprint density at radius 2 is 1.72 bits per heavy atom. The normalized spacial score (nSPS) is 28.6. The molecule has 29 heavy (non-hydrogen) atoms. The largest absolute Gasteiger partial charge is 0.393 e. The van der Waals surface area contributed by atoms with E-state index in [-0.39, 0.29) is 24.2 Å². The molecule has 0 radical (unpaired) electrons. The molecule has 3 aliphatic rings. The van der Waals surface area contributed by atoms with E-state index in [9.17, 15) is 9.90 Å². The summed E-state index contributed by atoms with van der Waals surface area (Å²) in [4.78, 5) is 20.3. The maximum Gasteiger partial charge on any atom is 0.226 e. The van der Waals surface area contributed by atoms with Crippen LogP contribution in [0.25, 0.3) is 0 Å². The van der Waals surface area contributed by atoms with Gasteiger partial charge in [-0.25, -0.2) is 0 Å². The fourth-order valence-electron chi connectivity index (χ4n) is 5.02. The van der Waals surface area contributed by atoms with Crippen LogP contribution in [0.1, 0.15) is 37.3 Å². The van der Waals surface area contributed by atoms with Crippen molar-refractivity contribution in [2.45, 2.75) is 43.9 Å². The van der Waals surface area contributed by atoms with Gasteiger partial charge in [0.2, 0.25) is 5.91 Å². The quantitative estimate of drug-likeness (QED) is 0.833. The van der Waals surface area contributed by atoms with Crippen LogP contribution in [0.5, 0.6) is 0 Å². The van der Waals surface area contributed by atoms with Gasteiger partial charge >= 0.3 is 0 Å². The minimum atomic E-state index is -0.175. The smallest absolute Gasteiger partial charge is 0.226 e. The van der Waals surface area contributed by atoms with Crippen molar-refractivity contribution in [3.05, 3.63) is 35.9 Å². The van der Waals surface area contributed by atoms with Crippen LogP contribution in [-0.2, 0) is 9.53 Å². The van der Waals surface area contributed by atoms with Gasteiger partial charge in [-0.05, 0) is 51.4 Å². The molecule has 3 saturated heterocycles. The van der Waals surface area contributed by atoms with Crippen LogP contribution in [-0.4, -0.2) is 90.8 Å². The number of piperidine rings is 2. The van der Waals surface area contributed by atoms with Gasteiger partial charge in [0.15, 0.2) is 0 Å². The highest BCUT2D eigenvalue weighted by Crippen LogP contribution is 2.33. The number of carbonyl (C=O) groups excluding carboxylic acids is 1. The van der Waals surface area contributed by atoms with Crippen LogP contribution in [0.3, 0.4) is 0 Å². The van der Waals surface area contributed by atoms with Crippen molar-refractivity contribution in [1.29, 1.82) is 0 Å². The molecule has 4 rings (SSSR count). The summed E-state index contributed by atoms with van der Waals surface area (Å²) in [5.74, 6) is 0.426. The number of aliphatic hydroxyl groups is 1. The minimum Gasteiger partial charge on any atom is -0.393 e. The number of hydrogen-bond acceptors (Lipinski definition) is 5. The Morgan fingerprint density at radius 1 is 1.03 bits per heavy atom. The minimum absolute atomic E-state index is 0.0309. The first-order valence-corrected chi connectivity index (χ1v) is 11.2. The lowest BCUT2D eigenvalue weighted by Gasteiger charge is -2.45. The molecule has 1 aromatic carbocycles. The first-order valence-electron chi connectivity index (χ1n) is 11.2. The molecule has 1 amide bonds. The fraction of sp³-hybridized carbons (Fsp3) is 0.696. The van der Waals surface area contributed by atoms with Crippen LogP contribution < -0.4 is 0 Å². The van der Waals surface area contributed by atoms with Gasteiger partial charge in [-0.1, -0.05) is 30.3 Å². The van der Waals surface area contributed by atoms with E-state index >= 15 is 0 Å². The van der Waals surface area contributed by atoms with E-state index in [1.807, 2.05) is 6.07 Å². The van der Waals surface area contributed by atoms with Crippen molar-refractivity contribution in [3.8, 4) is 0 Å². The molecular formula is C23H35N3O3. The van der Waals surface area contributed by atoms with E-state index < -0.39 is 0 Å². The molecule has 1 aromatic rings. The van der Waals surface area contributed by atoms with E-state index in [2.05, 4.69) is 46.0 Å². The molecular weight excluding hydrogens is 366 g/mol. The highest BCUT2D eigenvalue weighted by Gasteiger charge is 2.40. The van der Waals surface area contributed by atoms with Gasteiger partial charge in [0, 0.05) is 32.1 Å². The molecule has 3 aliphatic heterocycles. The van der Waals surface area contributed by atoms with Crippen molar-refractivity contribution < 1.29 is 14.6 Å². The molecule has 3 fully saturated rings. The summed E-state index contributed by atoms with van der Waals surface area (Å²) in [6.07, 6.45) is 3.33. The highest BCUT2D eigenvalue weighted by atomic mass is 16.5. The Kier molecular flexibility index (Phi) is 6.85. The third kappa shape index (κ3) is 5.00. The fourth-order valence-corrected chi connectivity index (χ4v) is 5.02. The standard InChI is InChI=1S/C23H35N3O3/c1-24-11-7-19(8-12-24)23(28)26-15-16-29-21(17-25-13-9-20(27)10-14-25)22(26)18-5-3-2-4-6-18/h2-6,19-22,27H,7-17H2,1H3/t21-,22-/m0/s1. The molecule has 0 aromatic heterocycles. The number of carbonyl (C=O) groups is 1. The van der Waals surface area contributed by atoms with Crippen LogP contribution in [0, 0.1) is 5.92 Å². The number of ether oxygens (including phenoxy) is 1. The molecule has 0 bridgehead atoms. The van der Waals surface area contributed by atoms with Gasteiger partial charge < -0.3 is 24.5 Å². The zero-order chi connectivity index (χ0) is 20.2. The average Bonchev–Trinajstić information content (AvgIpc) is 2.76. The summed E-state index contributed by atoms with van der Waals surface area (Å²) in [5, 5.41) is 9.83. The Labute approximate surface area is 174 Å². The predicted octanol–water partition coefficient (Wildman–Crippen LogP) is 1.75. The zero-order valence-electron chi connectivity index (χ0n) is 17.6. The maximum absolute atomic E-state index is 13.5. The molecule has 160 valence electrons. The van der Waals surface area contributed by atoms with Gasteiger partial charge in [0.25, 0.3) is 0 Å². The van der Waals surface area contributed by atoms with Crippen molar-refractivity contribution in [2.75, 3.05) is 52.9 Å². The van der Waals surface area contributed by atoms with Gasteiger partial charge in [-0.3, -0.25) is 4.79 Å². The number of likely N-dealkylation sites (tertiary alicyclic amines) is 2. The Bertz CT molecular complexity index is 655. The molecule has 0 aliphatic carbocycles. The molecule has 0 saturated carbocycles. The topological polar surface area (TPSA) is 56.2 Å². The van der Waals surface area contributed by atoms with Gasteiger partial charge in [-0.2, -0.15) is 0 Å². The molecule has 0 unspecified atom stereocenters. The molecule has 3 heterocycles. The monoisotopic (exact) mass is 401 g/mol. The first kappa shape index (κ1) is 20.8. The molecule has 1 N–H and O–H groups in total. The van der Waals surface area contributed by atoms with Crippen LogP contribution in [0.2, 0.25) is 0 Å². The summed E-state index contributed by atoms with van der Waals surface area (Å²) in [6.45, 7) is 5.86. The number of amides is 1. The Hall–Kier alpha value is -1.47. The third-order valence-corrected chi connectivity index (χ3v) is 6.84. The van der Waals surface area contributed by atoms with Gasteiger partial charge in [0.1, 0.15) is 0 Å². The molecule has 6 heteroatoms. The van der Waals surface area contributed by atoms with Crippen LogP contribution >= 0.6 is 0 Å². The maximum atomic E-state index is 13.5. The highest BCUT2D eigenvalue weighted by molar-refractivity contribution is 5.79. The Balaban J connectivity index is 1.52. The number of nitrogens with zero attached hydrogens (tertiary/aromatic N) is 3. The lowest BCUT2D eigenvalue weighted by molar-refractivity contribution is -0.154.